The number of hydrogen-bond acceptors (Lipinski definition) is 4. The summed E-state index contributed by atoms with van der Waals surface area (Å²) in [7, 11) is -3.48. The Bertz CT molecular complexity index is 764. The van der Waals surface area contributed by atoms with Crippen LogP contribution in [0.1, 0.15) is 13.8 Å². The monoisotopic (exact) mass is 336 g/mol. The minimum absolute atomic E-state index is 0.0329. The molecule has 1 heterocycles. The third kappa shape index (κ3) is 3.98. The lowest BCUT2D eigenvalue weighted by Gasteiger charge is -2.15. The molecule has 7 heteroatoms. The highest BCUT2D eigenvalue weighted by molar-refractivity contribution is 7.90. The molecule has 2 amide bonds. The molecule has 1 aromatic rings. The summed E-state index contributed by atoms with van der Waals surface area (Å²) >= 11 is 0. The number of carbonyl (C=O) groups excluding carboxylic acids is 2. The topological polar surface area (TPSA) is 92.3 Å². The molecule has 2 rings (SSSR count). The molecule has 0 bridgehead atoms. The van der Waals surface area contributed by atoms with E-state index in [1.165, 1.54) is 12.1 Å². The van der Waals surface area contributed by atoms with E-state index in [4.69, 9.17) is 0 Å². The van der Waals surface area contributed by atoms with Crippen molar-refractivity contribution in [1.29, 1.82) is 0 Å². The van der Waals surface area contributed by atoms with E-state index in [0.717, 1.165) is 11.8 Å². The van der Waals surface area contributed by atoms with Crippen molar-refractivity contribution in [2.45, 2.75) is 18.7 Å². The Morgan fingerprint density at radius 2 is 1.96 bits per heavy atom. The average Bonchev–Trinajstić information content (AvgIpc) is 2.78. The zero-order chi connectivity index (χ0) is 17.2. The highest BCUT2D eigenvalue weighted by Crippen LogP contribution is 2.25. The normalized spacial score (nSPS) is 20.7. The second kappa shape index (κ2) is 6.54. The SMILES string of the molecule is CC(C)=CC1CNC(=O)C1C(=O)Nc1ccccc1S(C)(=O)=O. The molecule has 23 heavy (non-hydrogen) atoms. The lowest BCUT2D eigenvalue weighted by atomic mass is 9.93. The molecule has 0 saturated carbocycles. The summed E-state index contributed by atoms with van der Waals surface area (Å²) in [6.07, 6.45) is 2.96. The molecule has 1 fully saturated rings. The van der Waals surface area contributed by atoms with Gasteiger partial charge in [-0.25, -0.2) is 8.42 Å². The lowest BCUT2D eigenvalue weighted by Crippen LogP contribution is -2.32. The zero-order valence-corrected chi connectivity index (χ0v) is 14.1. The van der Waals surface area contributed by atoms with E-state index < -0.39 is 21.7 Å². The quantitative estimate of drug-likeness (QED) is 0.641. The maximum absolute atomic E-state index is 12.5. The van der Waals surface area contributed by atoms with Crippen molar-refractivity contribution in [1.82, 2.24) is 5.32 Å². The number of nitrogens with one attached hydrogen (secondary N) is 2. The number of hydrogen-bond donors (Lipinski definition) is 2. The molecule has 2 unspecified atom stereocenters. The Morgan fingerprint density at radius 1 is 1.30 bits per heavy atom. The van der Waals surface area contributed by atoms with Crippen molar-refractivity contribution in [2.24, 2.45) is 11.8 Å². The molecule has 0 aromatic heterocycles. The summed E-state index contributed by atoms with van der Waals surface area (Å²) in [6, 6.07) is 6.15. The van der Waals surface area contributed by atoms with Crippen LogP contribution in [0.4, 0.5) is 5.69 Å². The number of anilines is 1. The van der Waals surface area contributed by atoms with Gasteiger partial charge in [0.05, 0.1) is 10.6 Å². The zero-order valence-electron chi connectivity index (χ0n) is 13.3. The van der Waals surface area contributed by atoms with Gasteiger partial charge in [0.15, 0.2) is 9.84 Å². The molecular formula is C16H20N2O4S. The van der Waals surface area contributed by atoms with Crippen LogP contribution < -0.4 is 10.6 Å². The molecule has 0 aliphatic carbocycles. The van der Waals surface area contributed by atoms with Gasteiger partial charge >= 0.3 is 0 Å². The highest BCUT2D eigenvalue weighted by Gasteiger charge is 2.39. The Balaban J connectivity index is 2.29. The number of sulfone groups is 1. The summed E-state index contributed by atoms with van der Waals surface area (Å²) in [4.78, 5) is 24.5. The summed E-state index contributed by atoms with van der Waals surface area (Å²) in [5.74, 6) is -1.95. The van der Waals surface area contributed by atoms with Crippen molar-refractivity contribution in [3.05, 3.63) is 35.9 Å². The minimum atomic E-state index is -3.48. The standard InChI is InChI=1S/C16H20N2O4S/c1-10(2)8-11-9-17-15(19)14(11)16(20)18-12-6-4-5-7-13(12)23(3,21)22/h4-8,11,14H,9H2,1-3H3,(H,17,19)(H,18,20). The van der Waals surface area contributed by atoms with Crippen LogP contribution in [-0.2, 0) is 19.4 Å². The van der Waals surface area contributed by atoms with Crippen LogP contribution in [0, 0.1) is 11.8 Å². The molecule has 1 aromatic carbocycles. The number of amides is 2. The van der Waals surface area contributed by atoms with Crippen LogP contribution in [0.5, 0.6) is 0 Å². The van der Waals surface area contributed by atoms with Crippen LogP contribution >= 0.6 is 0 Å². The van der Waals surface area contributed by atoms with Gasteiger partial charge in [-0.15, -0.1) is 0 Å². The van der Waals surface area contributed by atoms with Gasteiger partial charge in [0.25, 0.3) is 0 Å². The molecule has 1 saturated heterocycles. The summed E-state index contributed by atoms with van der Waals surface area (Å²) in [5, 5.41) is 5.26. The van der Waals surface area contributed by atoms with E-state index in [2.05, 4.69) is 10.6 Å². The predicted octanol–water partition coefficient (Wildman–Crippen LogP) is 1.36. The van der Waals surface area contributed by atoms with Crippen LogP contribution in [0.15, 0.2) is 40.8 Å². The predicted molar refractivity (Wildman–Crippen MR) is 87.6 cm³/mol. The first-order valence-electron chi connectivity index (χ1n) is 7.23. The Kier molecular flexibility index (Phi) is 4.89. The number of benzene rings is 1. The van der Waals surface area contributed by atoms with E-state index >= 15 is 0 Å². The average molecular weight is 336 g/mol. The number of allylic oxidation sites excluding steroid dienone is 1. The first-order chi connectivity index (χ1) is 10.7. The van der Waals surface area contributed by atoms with Crippen molar-refractivity contribution in [3.8, 4) is 0 Å². The van der Waals surface area contributed by atoms with Gasteiger partial charge in [0.1, 0.15) is 5.92 Å². The first-order valence-corrected chi connectivity index (χ1v) is 9.12. The van der Waals surface area contributed by atoms with Crippen LogP contribution in [-0.4, -0.2) is 33.0 Å². The third-order valence-corrected chi connectivity index (χ3v) is 4.75. The van der Waals surface area contributed by atoms with Gasteiger partial charge in [-0.3, -0.25) is 9.59 Å². The molecule has 2 atom stereocenters. The second-order valence-corrected chi connectivity index (χ2v) is 7.87. The van der Waals surface area contributed by atoms with Crippen molar-refractivity contribution in [2.75, 3.05) is 18.1 Å². The number of para-hydroxylation sites is 1. The van der Waals surface area contributed by atoms with Gasteiger partial charge < -0.3 is 10.6 Å². The largest absolute Gasteiger partial charge is 0.355 e. The third-order valence-electron chi connectivity index (χ3n) is 3.60. The fourth-order valence-electron chi connectivity index (χ4n) is 2.64. The lowest BCUT2D eigenvalue weighted by molar-refractivity contribution is -0.130. The molecule has 124 valence electrons. The molecule has 6 nitrogen and oxygen atoms in total. The van der Waals surface area contributed by atoms with Gasteiger partial charge in [-0.05, 0) is 26.0 Å². The molecule has 1 aliphatic rings. The van der Waals surface area contributed by atoms with Crippen LogP contribution in [0.2, 0.25) is 0 Å². The van der Waals surface area contributed by atoms with E-state index in [1.54, 1.807) is 12.1 Å². The second-order valence-electron chi connectivity index (χ2n) is 5.89. The summed E-state index contributed by atoms with van der Waals surface area (Å²) < 4.78 is 23.6. The van der Waals surface area contributed by atoms with Crippen molar-refractivity contribution >= 4 is 27.3 Å². The minimum Gasteiger partial charge on any atom is -0.355 e. The van der Waals surface area contributed by atoms with Gasteiger partial charge in [-0.1, -0.05) is 23.8 Å². The fraction of sp³-hybridized carbons (Fsp3) is 0.375. The van der Waals surface area contributed by atoms with E-state index in [9.17, 15) is 18.0 Å². The van der Waals surface area contributed by atoms with Crippen molar-refractivity contribution < 1.29 is 18.0 Å². The Morgan fingerprint density at radius 3 is 2.57 bits per heavy atom. The van der Waals surface area contributed by atoms with Gasteiger partial charge in [0, 0.05) is 18.7 Å². The Hall–Kier alpha value is -2.15. The highest BCUT2D eigenvalue weighted by atomic mass is 32.2. The molecular weight excluding hydrogens is 316 g/mol. The van der Waals surface area contributed by atoms with Crippen LogP contribution in [0.25, 0.3) is 0 Å². The molecule has 2 N–H and O–H groups in total. The van der Waals surface area contributed by atoms with Gasteiger partial charge in [0.2, 0.25) is 11.8 Å². The van der Waals surface area contributed by atoms with Crippen LogP contribution in [0.3, 0.4) is 0 Å². The summed E-state index contributed by atoms with van der Waals surface area (Å²) in [6.45, 7) is 4.20. The molecule has 1 aliphatic heterocycles. The van der Waals surface area contributed by atoms with E-state index in [0.29, 0.717) is 6.54 Å². The smallest absolute Gasteiger partial charge is 0.237 e. The first kappa shape index (κ1) is 17.2. The van der Waals surface area contributed by atoms with Gasteiger partial charge in [-0.2, -0.15) is 0 Å². The molecule has 0 radical (unpaired) electrons. The fourth-order valence-corrected chi connectivity index (χ4v) is 3.49. The van der Waals surface area contributed by atoms with E-state index in [1.807, 2.05) is 19.9 Å². The van der Waals surface area contributed by atoms with Crippen molar-refractivity contribution in [3.63, 3.8) is 0 Å². The maximum Gasteiger partial charge on any atom is 0.237 e. The summed E-state index contributed by atoms with van der Waals surface area (Å²) in [5.41, 5.74) is 1.21. The van der Waals surface area contributed by atoms with E-state index in [-0.39, 0.29) is 22.4 Å². The Labute approximate surface area is 135 Å². The maximum atomic E-state index is 12.5. The molecule has 0 spiro atoms. The number of rotatable bonds is 4. The number of carbonyl (C=O) groups is 2.